The zero-order chi connectivity index (χ0) is 28.5. The molecule has 5 aromatic rings. The van der Waals surface area contributed by atoms with Crippen LogP contribution < -0.4 is 15.0 Å². The number of hydrogen-bond donors (Lipinski definition) is 1. The molecule has 41 heavy (non-hydrogen) atoms. The molecule has 1 amide bonds. The summed E-state index contributed by atoms with van der Waals surface area (Å²) in [5, 5.41) is 11.6. The SMILES string of the molecule is C=CC.Cc1cc(Nc2ncnc3ccc(N4CC5CC4CN5C=O)nc23)ccc1Oc1ccc2c(c1)nnn2C. The molecule has 0 aliphatic carbocycles. The fourth-order valence-corrected chi connectivity index (χ4v) is 5.48. The van der Waals surface area contributed by atoms with Crippen molar-refractivity contribution in [2.24, 2.45) is 7.05 Å². The Bertz CT molecular complexity index is 1750. The summed E-state index contributed by atoms with van der Waals surface area (Å²) < 4.78 is 7.87. The van der Waals surface area contributed by atoms with Gasteiger partial charge in [0.05, 0.1) is 23.1 Å². The maximum Gasteiger partial charge on any atom is 0.210 e. The van der Waals surface area contributed by atoms with Crippen molar-refractivity contribution in [2.45, 2.75) is 32.4 Å². The van der Waals surface area contributed by atoms with Crippen molar-refractivity contribution < 1.29 is 9.53 Å². The zero-order valence-corrected chi connectivity index (χ0v) is 23.2. The van der Waals surface area contributed by atoms with E-state index in [4.69, 9.17) is 9.72 Å². The number of benzene rings is 2. The lowest BCUT2D eigenvalue weighted by Crippen LogP contribution is -2.46. The second-order valence-electron chi connectivity index (χ2n) is 10.2. The summed E-state index contributed by atoms with van der Waals surface area (Å²) in [6.45, 7) is 8.79. The predicted octanol–water partition coefficient (Wildman–Crippen LogP) is 4.76. The van der Waals surface area contributed by atoms with Gasteiger partial charge in [-0.05, 0) is 68.3 Å². The van der Waals surface area contributed by atoms with Gasteiger partial charge in [-0.1, -0.05) is 11.3 Å². The lowest BCUT2D eigenvalue weighted by molar-refractivity contribution is -0.119. The minimum Gasteiger partial charge on any atom is -0.457 e. The van der Waals surface area contributed by atoms with Gasteiger partial charge < -0.3 is 19.9 Å². The number of hydrogen-bond acceptors (Lipinski definition) is 9. The Kier molecular flexibility index (Phi) is 6.92. The van der Waals surface area contributed by atoms with Crippen LogP contribution in [0, 0.1) is 6.92 Å². The normalized spacial score (nSPS) is 17.4. The van der Waals surface area contributed by atoms with E-state index in [0.29, 0.717) is 23.1 Å². The number of likely N-dealkylation sites (tertiary alicyclic amines) is 1. The molecule has 2 fully saturated rings. The van der Waals surface area contributed by atoms with E-state index < -0.39 is 0 Å². The fourth-order valence-electron chi connectivity index (χ4n) is 5.48. The summed E-state index contributed by atoms with van der Waals surface area (Å²) in [6.07, 6.45) is 5.23. The summed E-state index contributed by atoms with van der Waals surface area (Å²) >= 11 is 0. The van der Waals surface area contributed by atoms with Gasteiger partial charge in [0.15, 0.2) is 5.82 Å². The summed E-state index contributed by atoms with van der Waals surface area (Å²) in [5.74, 6) is 2.97. The number of carbonyl (C=O) groups excluding carboxylic acids is 1. The van der Waals surface area contributed by atoms with E-state index in [0.717, 1.165) is 65.3 Å². The van der Waals surface area contributed by atoms with E-state index in [1.807, 2.05) is 74.3 Å². The van der Waals surface area contributed by atoms with E-state index in [1.165, 1.54) is 0 Å². The van der Waals surface area contributed by atoms with Gasteiger partial charge in [-0.25, -0.2) is 19.6 Å². The van der Waals surface area contributed by atoms with Crippen molar-refractivity contribution in [1.82, 2.24) is 34.8 Å². The van der Waals surface area contributed by atoms with Crippen LogP contribution in [0.25, 0.3) is 22.1 Å². The number of ether oxygens (including phenoxy) is 1. The fraction of sp³-hybridized carbons (Fsp3) is 0.267. The van der Waals surface area contributed by atoms with Gasteiger partial charge in [0.2, 0.25) is 6.41 Å². The zero-order valence-electron chi connectivity index (χ0n) is 23.2. The van der Waals surface area contributed by atoms with Gasteiger partial charge in [0, 0.05) is 31.9 Å². The molecule has 2 aromatic carbocycles. The number of piperazine rings is 1. The molecule has 3 aromatic heterocycles. The lowest BCUT2D eigenvalue weighted by atomic mass is 10.2. The van der Waals surface area contributed by atoms with Crippen molar-refractivity contribution in [3.8, 4) is 11.5 Å². The molecule has 11 nitrogen and oxygen atoms in total. The second-order valence-corrected chi connectivity index (χ2v) is 10.2. The lowest BCUT2D eigenvalue weighted by Gasteiger charge is -2.32. The van der Waals surface area contributed by atoms with Crippen LogP contribution in [-0.2, 0) is 11.8 Å². The van der Waals surface area contributed by atoms with Crippen LogP contribution >= 0.6 is 0 Å². The van der Waals surface area contributed by atoms with Crippen LogP contribution in [0.15, 0.2) is 67.5 Å². The van der Waals surface area contributed by atoms with Crippen LogP contribution in [0.3, 0.4) is 0 Å². The quantitative estimate of drug-likeness (QED) is 0.236. The second kappa shape index (κ2) is 10.8. The maximum atomic E-state index is 11.3. The number of allylic oxidation sites excluding steroid dienone is 1. The van der Waals surface area contributed by atoms with Crippen LogP contribution in [0.5, 0.6) is 11.5 Å². The van der Waals surface area contributed by atoms with Gasteiger partial charge in [-0.15, -0.1) is 11.7 Å². The molecule has 2 atom stereocenters. The number of nitrogens with one attached hydrogen (secondary N) is 1. The van der Waals surface area contributed by atoms with E-state index in [9.17, 15) is 4.79 Å². The molecule has 0 saturated carbocycles. The summed E-state index contributed by atoms with van der Waals surface area (Å²) in [7, 11) is 1.86. The summed E-state index contributed by atoms with van der Waals surface area (Å²) in [6, 6.07) is 16.2. The number of nitrogens with zero attached hydrogens (tertiary/aromatic N) is 8. The topological polar surface area (TPSA) is 114 Å². The van der Waals surface area contributed by atoms with Gasteiger partial charge in [0.25, 0.3) is 0 Å². The molecule has 0 spiro atoms. The van der Waals surface area contributed by atoms with Crippen LogP contribution in [-0.4, -0.2) is 66.4 Å². The van der Waals surface area contributed by atoms with Crippen LogP contribution in [0.2, 0.25) is 0 Å². The minimum atomic E-state index is 0.255. The van der Waals surface area contributed by atoms with Crippen molar-refractivity contribution in [3.63, 3.8) is 0 Å². The van der Waals surface area contributed by atoms with Crippen LogP contribution in [0.4, 0.5) is 17.3 Å². The third-order valence-corrected chi connectivity index (χ3v) is 7.43. The maximum absolute atomic E-state index is 11.3. The first kappa shape index (κ1) is 26.2. The summed E-state index contributed by atoms with van der Waals surface area (Å²) in [4.78, 5) is 29.3. The molecule has 7 rings (SSSR count). The Morgan fingerprint density at radius 2 is 1.90 bits per heavy atom. The first-order valence-corrected chi connectivity index (χ1v) is 13.5. The number of pyridine rings is 1. The number of aromatic nitrogens is 6. The Labute approximate surface area is 237 Å². The monoisotopic (exact) mass is 549 g/mol. The highest BCUT2D eigenvalue weighted by molar-refractivity contribution is 5.88. The first-order chi connectivity index (χ1) is 20.0. The highest BCUT2D eigenvalue weighted by atomic mass is 16.5. The third kappa shape index (κ3) is 5.02. The van der Waals surface area contributed by atoms with Gasteiger partial charge in [-0.2, -0.15) is 0 Å². The minimum absolute atomic E-state index is 0.255. The molecule has 2 aliphatic rings. The number of amides is 1. The van der Waals surface area contributed by atoms with Crippen molar-refractivity contribution in [1.29, 1.82) is 0 Å². The Balaban J connectivity index is 0.000000967. The van der Waals surface area contributed by atoms with E-state index in [2.05, 4.69) is 37.1 Å². The number of anilines is 3. The average molecular weight is 550 g/mol. The Morgan fingerprint density at radius 1 is 1.05 bits per heavy atom. The molecular weight excluding hydrogens is 518 g/mol. The van der Waals surface area contributed by atoms with Crippen molar-refractivity contribution in [2.75, 3.05) is 23.3 Å². The molecule has 0 radical (unpaired) electrons. The van der Waals surface area contributed by atoms with Gasteiger partial charge >= 0.3 is 0 Å². The smallest absolute Gasteiger partial charge is 0.210 e. The Hall–Kier alpha value is -5.06. The molecule has 2 aliphatic heterocycles. The molecule has 2 saturated heterocycles. The molecule has 11 heteroatoms. The van der Waals surface area contributed by atoms with E-state index >= 15 is 0 Å². The molecule has 5 heterocycles. The third-order valence-electron chi connectivity index (χ3n) is 7.43. The number of carbonyl (C=O) groups is 1. The van der Waals surface area contributed by atoms with E-state index in [-0.39, 0.29) is 6.04 Å². The predicted molar refractivity (Wildman–Crippen MR) is 159 cm³/mol. The standard InChI is InChI=1S/C27H25N9O2.C3H6/c1-16-9-17(3-7-24(16)38-20-4-6-23-22(11-20)32-33-34(23)2)30-27-26-21(28-14-29-27)5-8-25(31-26)36-13-18-10-19(36)12-35(18)15-37;1-3-2/h3-9,11,14-15,18-19H,10,12-13H2,1-2H3,(H,28,29,30);3H,1H2,2H3. The van der Waals surface area contributed by atoms with Gasteiger partial charge in [0.1, 0.15) is 34.7 Å². The Morgan fingerprint density at radius 3 is 2.66 bits per heavy atom. The van der Waals surface area contributed by atoms with Gasteiger partial charge in [-0.3, -0.25) is 4.79 Å². The van der Waals surface area contributed by atoms with Crippen LogP contribution in [0.1, 0.15) is 18.9 Å². The highest BCUT2D eigenvalue weighted by Crippen LogP contribution is 2.35. The number of aryl methyl sites for hydroxylation is 2. The molecule has 208 valence electrons. The molecule has 2 bridgehead atoms. The number of rotatable bonds is 6. The molecular formula is C30H31N9O2. The van der Waals surface area contributed by atoms with Crippen molar-refractivity contribution in [3.05, 3.63) is 73.1 Å². The molecule has 1 N–H and O–H groups in total. The average Bonchev–Trinajstić information content (AvgIpc) is 3.69. The first-order valence-electron chi connectivity index (χ1n) is 13.5. The van der Waals surface area contributed by atoms with Crippen molar-refractivity contribution >= 4 is 45.8 Å². The largest absolute Gasteiger partial charge is 0.457 e. The number of fused-ring (bicyclic) bond motifs is 4. The molecule has 2 unspecified atom stereocenters. The summed E-state index contributed by atoms with van der Waals surface area (Å²) in [5.41, 5.74) is 5.03. The highest BCUT2D eigenvalue weighted by Gasteiger charge is 2.43. The van der Waals surface area contributed by atoms with E-state index in [1.54, 1.807) is 17.1 Å².